The fraction of sp³-hybridized carbons (Fsp3) is 0.333. The van der Waals surface area contributed by atoms with Gasteiger partial charge in [0.1, 0.15) is 0 Å². The van der Waals surface area contributed by atoms with Crippen molar-refractivity contribution in [2.45, 2.75) is 36.6 Å². The highest BCUT2D eigenvalue weighted by atomic mass is 32.2. The molecule has 1 aliphatic heterocycles. The molecule has 0 aliphatic carbocycles. The molecule has 35 heavy (non-hydrogen) atoms. The summed E-state index contributed by atoms with van der Waals surface area (Å²) >= 11 is 1.61. The van der Waals surface area contributed by atoms with Gasteiger partial charge in [-0.3, -0.25) is 9.78 Å². The number of hydrogen-bond acceptors (Lipinski definition) is 7. The first-order chi connectivity index (χ1) is 17.1. The van der Waals surface area contributed by atoms with Gasteiger partial charge in [0.05, 0.1) is 19.9 Å². The van der Waals surface area contributed by atoms with Gasteiger partial charge in [-0.25, -0.2) is 9.97 Å². The zero-order valence-corrected chi connectivity index (χ0v) is 21.1. The summed E-state index contributed by atoms with van der Waals surface area (Å²) in [6.07, 6.45) is 10.9. The molecule has 1 amide bonds. The molecule has 1 unspecified atom stereocenters. The van der Waals surface area contributed by atoms with E-state index >= 15 is 0 Å². The Morgan fingerprint density at radius 1 is 1.20 bits per heavy atom. The smallest absolute Gasteiger partial charge is 0.246 e. The molecule has 0 bridgehead atoms. The van der Waals surface area contributed by atoms with Crippen LogP contribution in [0.25, 0.3) is 6.08 Å². The van der Waals surface area contributed by atoms with E-state index in [2.05, 4.69) is 16.0 Å². The van der Waals surface area contributed by atoms with E-state index in [1.54, 1.807) is 38.3 Å². The van der Waals surface area contributed by atoms with Crippen molar-refractivity contribution in [1.82, 2.24) is 19.9 Å². The molecule has 0 spiro atoms. The number of carbonyl (C=O) groups is 1. The number of amides is 1. The number of thioether (sulfide) groups is 1. The Bertz CT molecular complexity index is 1190. The number of aryl methyl sites for hydroxylation is 1. The summed E-state index contributed by atoms with van der Waals surface area (Å²) in [7, 11) is 3.20. The van der Waals surface area contributed by atoms with Crippen molar-refractivity contribution in [2.24, 2.45) is 0 Å². The highest BCUT2D eigenvalue weighted by molar-refractivity contribution is 7.98. The minimum atomic E-state index is 0.00219. The number of ether oxygens (including phenoxy) is 2. The van der Waals surface area contributed by atoms with E-state index in [4.69, 9.17) is 14.5 Å². The van der Waals surface area contributed by atoms with Crippen LogP contribution in [0.5, 0.6) is 11.5 Å². The van der Waals surface area contributed by atoms with Crippen LogP contribution in [0.4, 0.5) is 0 Å². The quantitative estimate of drug-likeness (QED) is 0.252. The topological polar surface area (TPSA) is 77.4 Å². The molecule has 1 fully saturated rings. The Labute approximate surface area is 210 Å². The lowest BCUT2D eigenvalue weighted by molar-refractivity contribution is -0.127. The van der Waals surface area contributed by atoms with Crippen molar-refractivity contribution in [3.8, 4) is 11.5 Å². The standard InChI is InChI=1S/C27H30N4O3S/c1-19-15-29-27(35-18-21-6-4-12-28-16-21)30-26(19)22-7-5-13-31(17-22)25(32)11-9-20-8-10-23(33-2)24(14-20)34-3/h4,6,8-12,14-16,22H,5,7,13,17-18H2,1-3H3. The van der Waals surface area contributed by atoms with Gasteiger partial charge >= 0.3 is 0 Å². The molecule has 8 heteroatoms. The van der Waals surface area contributed by atoms with Crippen molar-refractivity contribution in [1.29, 1.82) is 0 Å². The lowest BCUT2D eigenvalue weighted by atomic mass is 9.92. The van der Waals surface area contributed by atoms with Crippen LogP contribution in [0.2, 0.25) is 0 Å². The van der Waals surface area contributed by atoms with Crippen molar-refractivity contribution < 1.29 is 14.3 Å². The molecule has 7 nitrogen and oxygen atoms in total. The number of benzene rings is 1. The lowest BCUT2D eigenvalue weighted by Gasteiger charge is -2.32. The summed E-state index contributed by atoms with van der Waals surface area (Å²) in [6, 6.07) is 9.58. The van der Waals surface area contributed by atoms with Gasteiger partial charge < -0.3 is 14.4 Å². The number of methoxy groups -OCH3 is 2. The molecule has 0 N–H and O–H groups in total. The molecule has 1 saturated heterocycles. The van der Waals surface area contributed by atoms with Crippen LogP contribution in [0.15, 0.2) is 60.2 Å². The lowest BCUT2D eigenvalue weighted by Crippen LogP contribution is -2.38. The molecule has 4 rings (SSSR count). The number of rotatable bonds is 8. The molecule has 182 valence electrons. The Morgan fingerprint density at radius 2 is 2.06 bits per heavy atom. The Morgan fingerprint density at radius 3 is 2.83 bits per heavy atom. The number of hydrogen-bond donors (Lipinski definition) is 0. The van der Waals surface area contributed by atoms with Crippen molar-refractivity contribution in [3.05, 3.63) is 77.4 Å². The van der Waals surface area contributed by atoms with Gasteiger partial charge in [-0.05, 0) is 60.7 Å². The number of pyridine rings is 1. The second kappa shape index (κ2) is 11.8. The van der Waals surface area contributed by atoms with Crippen molar-refractivity contribution in [3.63, 3.8) is 0 Å². The number of likely N-dealkylation sites (tertiary alicyclic amines) is 1. The molecular formula is C27H30N4O3S. The van der Waals surface area contributed by atoms with Gasteiger partial charge in [0.2, 0.25) is 5.91 Å². The van der Waals surface area contributed by atoms with E-state index in [0.29, 0.717) is 18.0 Å². The predicted octanol–water partition coefficient (Wildman–Crippen LogP) is 4.91. The average Bonchev–Trinajstić information content (AvgIpc) is 2.91. The van der Waals surface area contributed by atoms with Crippen molar-refractivity contribution >= 4 is 23.7 Å². The first-order valence-electron chi connectivity index (χ1n) is 11.6. The van der Waals surface area contributed by atoms with Crippen molar-refractivity contribution in [2.75, 3.05) is 27.3 Å². The molecule has 0 radical (unpaired) electrons. The highest BCUT2D eigenvalue weighted by Crippen LogP contribution is 2.30. The Kier molecular flexibility index (Phi) is 8.36. The van der Waals surface area contributed by atoms with Crippen LogP contribution in [-0.4, -0.2) is 53.1 Å². The third-order valence-electron chi connectivity index (χ3n) is 6.03. The van der Waals surface area contributed by atoms with Gasteiger partial charge in [-0.15, -0.1) is 0 Å². The maximum absolute atomic E-state index is 13.0. The van der Waals surface area contributed by atoms with Crippen LogP contribution >= 0.6 is 11.8 Å². The molecular weight excluding hydrogens is 460 g/mol. The predicted molar refractivity (Wildman–Crippen MR) is 138 cm³/mol. The fourth-order valence-electron chi connectivity index (χ4n) is 4.18. The fourth-order valence-corrected chi connectivity index (χ4v) is 4.94. The normalized spacial score (nSPS) is 15.9. The van der Waals surface area contributed by atoms with Gasteiger partial charge in [-0.1, -0.05) is 23.9 Å². The van der Waals surface area contributed by atoms with Crippen LogP contribution in [0, 0.1) is 6.92 Å². The summed E-state index contributed by atoms with van der Waals surface area (Å²) in [5.41, 5.74) is 4.12. The van der Waals surface area contributed by atoms with E-state index in [-0.39, 0.29) is 11.8 Å². The van der Waals surface area contributed by atoms with Gasteiger partial charge in [0.25, 0.3) is 0 Å². The van der Waals surface area contributed by atoms with E-state index < -0.39 is 0 Å². The summed E-state index contributed by atoms with van der Waals surface area (Å²) in [5.74, 6) is 2.27. The molecule has 1 atom stereocenters. The van der Waals surface area contributed by atoms with Crippen LogP contribution in [0.3, 0.4) is 0 Å². The largest absolute Gasteiger partial charge is 0.493 e. The number of nitrogens with zero attached hydrogens (tertiary/aromatic N) is 4. The highest BCUT2D eigenvalue weighted by Gasteiger charge is 2.26. The summed E-state index contributed by atoms with van der Waals surface area (Å²) < 4.78 is 10.6. The first-order valence-corrected chi connectivity index (χ1v) is 12.6. The van der Waals surface area contributed by atoms with Gasteiger partial charge in [-0.2, -0.15) is 0 Å². The van der Waals surface area contributed by atoms with Gasteiger partial charge in [0.15, 0.2) is 16.7 Å². The molecule has 3 heterocycles. The minimum absolute atomic E-state index is 0.00219. The van der Waals surface area contributed by atoms with Crippen LogP contribution in [-0.2, 0) is 10.5 Å². The molecule has 2 aromatic heterocycles. The number of carbonyl (C=O) groups excluding carboxylic acids is 1. The summed E-state index contributed by atoms with van der Waals surface area (Å²) in [6.45, 7) is 3.45. The summed E-state index contributed by atoms with van der Waals surface area (Å²) in [4.78, 5) is 28.5. The average molecular weight is 491 g/mol. The van der Waals surface area contributed by atoms with Gasteiger partial charge in [0, 0.05) is 49.4 Å². The SMILES string of the molecule is COc1ccc(C=CC(=O)N2CCCC(c3nc(SCc4cccnc4)ncc3C)C2)cc1OC. The Hall–Kier alpha value is -3.39. The summed E-state index contributed by atoms with van der Waals surface area (Å²) in [5, 5.41) is 0.756. The minimum Gasteiger partial charge on any atom is -0.493 e. The number of aromatic nitrogens is 3. The molecule has 0 saturated carbocycles. The maximum Gasteiger partial charge on any atom is 0.246 e. The molecule has 1 aromatic carbocycles. The second-order valence-electron chi connectivity index (χ2n) is 8.44. The van der Waals surface area contributed by atoms with E-state index in [1.165, 1.54) is 0 Å². The Balaban J connectivity index is 1.42. The van der Waals surface area contributed by atoms with Crippen LogP contribution < -0.4 is 9.47 Å². The van der Waals surface area contributed by atoms with E-state index in [9.17, 15) is 4.79 Å². The van der Waals surface area contributed by atoms with E-state index in [1.807, 2.05) is 54.6 Å². The first kappa shape index (κ1) is 24.7. The zero-order chi connectivity index (χ0) is 24.6. The third kappa shape index (κ3) is 6.39. The third-order valence-corrected chi connectivity index (χ3v) is 6.96. The molecule has 3 aromatic rings. The van der Waals surface area contributed by atoms with Crippen LogP contribution in [0.1, 0.15) is 41.1 Å². The zero-order valence-electron chi connectivity index (χ0n) is 20.3. The maximum atomic E-state index is 13.0. The molecule has 1 aliphatic rings. The van der Waals surface area contributed by atoms with E-state index in [0.717, 1.165) is 52.7 Å². The monoisotopic (exact) mass is 490 g/mol. The second-order valence-corrected chi connectivity index (χ2v) is 9.38. The number of piperidine rings is 1.